The minimum atomic E-state index is -0.310. The predicted octanol–water partition coefficient (Wildman–Crippen LogP) is 0.312. The van der Waals surface area contributed by atoms with Gasteiger partial charge >= 0.3 is 0 Å². The molecule has 0 saturated carbocycles. The van der Waals surface area contributed by atoms with Crippen LogP contribution in [0.25, 0.3) is 0 Å². The molecule has 1 aromatic heterocycles. The molecule has 1 aromatic rings. The van der Waals surface area contributed by atoms with E-state index in [9.17, 15) is 9.90 Å². The lowest BCUT2D eigenvalue weighted by molar-refractivity contribution is -0.0860. The zero-order chi connectivity index (χ0) is 14.0. The first-order valence-corrected chi connectivity index (χ1v) is 6.56. The number of hydrogen-bond donors (Lipinski definition) is 2. The van der Waals surface area contributed by atoms with Crippen LogP contribution in [-0.2, 0) is 11.3 Å². The fraction of sp³-hybridized carbons (Fsp3) is 0.615. The summed E-state index contributed by atoms with van der Waals surface area (Å²) in [6.45, 7) is 5.43. The second kappa shape index (κ2) is 5.63. The third-order valence-electron chi connectivity index (χ3n) is 3.29. The molecule has 0 aromatic carbocycles. The Morgan fingerprint density at radius 1 is 1.58 bits per heavy atom. The number of rotatable bonds is 3. The number of aliphatic hydroxyl groups excluding tert-OH is 1. The maximum atomic E-state index is 12.5. The van der Waals surface area contributed by atoms with Gasteiger partial charge in [-0.3, -0.25) is 4.79 Å². The van der Waals surface area contributed by atoms with Crippen LogP contribution in [0.3, 0.4) is 0 Å². The molecule has 0 radical (unpaired) electrons. The van der Waals surface area contributed by atoms with E-state index in [0.717, 1.165) is 0 Å². The number of nitrogen functional groups attached to an aromatic ring is 1. The molecule has 1 aliphatic rings. The molecule has 6 nitrogen and oxygen atoms in total. The van der Waals surface area contributed by atoms with Crippen LogP contribution in [0.5, 0.6) is 0 Å². The summed E-state index contributed by atoms with van der Waals surface area (Å²) in [6, 6.07) is 1.69. The fourth-order valence-electron chi connectivity index (χ4n) is 2.45. The molecule has 1 aliphatic heterocycles. The Bertz CT molecular complexity index is 458. The maximum Gasteiger partial charge on any atom is 0.270 e. The predicted molar refractivity (Wildman–Crippen MR) is 71.8 cm³/mol. The van der Waals surface area contributed by atoms with E-state index in [1.54, 1.807) is 17.2 Å². The van der Waals surface area contributed by atoms with Crippen LogP contribution in [0.15, 0.2) is 12.3 Å². The maximum absolute atomic E-state index is 12.5. The van der Waals surface area contributed by atoms with Crippen molar-refractivity contribution in [1.82, 2.24) is 9.47 Å². The first kappa shape index (κ1) is 13.9. The molecule has 0 bridgehead atoms. The number of hydrogen-bond acceptors (Lipinski definition) is 4. The Hall–Kier alpha value is -1.53. The zero-order valence-corrected chi connectivity index (χ0v) is 11.4. The first-order chi connectivity index (χ1) is 9.05. The molecular formula is C13H21N3O3. The van der Waals surface area contributed by atoms with Crippen LogP contribution in [0.2, 0.25) is 0 Å². The number of anilines is 1. The second-order valence-corrected chi connectivity index (χ2v) is 4.91. The minimum Gasteiger partial charge on any atom is -0.397 e. The molecule has 2 unspecified atom stereocenters. The number of aromatic nitrogens is 1. The van der Waals surface area contributed by atoms with Gasteiger partial charge in [0.15, 0.2) is 0 Å². The normalized spacial score (nSPS) is 23.6. The lowest BCUT2D eigenvalue weighted by Gasteiger charge is -2.36. The van der Waals surface area contributed by atoms with Crippen molar-refractivity contribution in [2.24, 2.45) is 0 Å². The van der Waals surface area contributed by atoms with Crippen LogP contribution in [0.4, 0.5) is 5.69 Å². The summed E-state index contributed by atoms with van der Waals surface area (Å²) in [6.07, 6.45) is 1.38. The molecule has 0 aliphatic carbocycles. The smallest absolute Gasteiger partial charge is 0.270 e. The van der Waals surface area contributed by atoms with Crippen molar-refractivity contribution in [3.8, 4) is 0 Å². The van der Waals surface area contributed by atoms with E-state index in [1.807, 2.05) is 18.4 Å². The molecule has 2 atom stereocenters. The third-order valence-corrected chi connectivity index (χ3v) is 3.29. The van der Waals surface area contributed by atoms with E-state index in [4.69, 9.17) is 10.5 Å². The van der Waals surface area contributed by atoms with Gasteiger partial charge in [-0.15, -0.1) is 0 Å². The van der Waals surface area contributed by atoms with E-state index >= 15 is 0 Å². The molecule has 2 heterocycles. The number of morpholine rings is 1. The highest BCUT2D eigenvalue weighted by Gasteiger charge is 2.29. The highest BCUT2D eigenvalue weighted by molar-refractivity contribution is 5.94. The van der Waals surface area contributed by atoms with Crippen molar-refractivity contribution < 1.29 is 14.6 Å². The molecule has 1 amide bonds. The van der Waals surface area contributed by atoms with Gasteiger partial charge in [0.2, 0.25) is 0 Å². The van der Waals surface area contributed by atoms with E-state index < -0.39 is 0 Å². The number of nitrogens with two attached hydrogens (primary N) is 1. The van der Waals surface area contributed by atoms with Crippen LogP contribution in [0.1, 0.15) is 24.3 Å². The summed E-state index contributed by atoms with van der Waals surface area (Å²) in [5.74, 6) is -0.0628. The number of carbonyl (C=O) groups is 1. The summed E-state index contributed by atoms with van der Waals surface area (Å²) in [4.78, 5) is 14.2. The van der Waals surface area contributed by atoms with E-state index in [-0.39, 0.29) is 24.7 Å². The number of aryl methyl sites for hydroxylation is 1. The van der Waals surface area contributed by atoms with Crippen molar-refractivity contribution in [2.45, 2.75) is 32.6 Å². The molecule has 0 spiro atoms. The molecule has 6 heteroatoms. The zero-order valence-electron chi connectivity index (χ0n) is 11.4. The fourth-order valence-corrected chi connectivity index (χ4v) is 2.45. The average Bonchev–Trinajstić information content (AvgIpc) is 2.78. The molecule has 106 valence electrons. The summed E-state index contributed by atoms with van der Waals surface area (Å²) < 4.78 is 7.38. The van der Waals surface area contributed by atoms with Gasteiger partial charge in [-0.2, -0.15) is 0 Å². The van der Waals surface area contributed by atoms with Crippen LogP contribution in [-0.4, -0.2) is 52.4 Å². The standard InChI is InChI=1S/C13H21N3O3/c1-3-15-6-10(14)4-12(15)13(18)16-5-9(2)19-11(7-16)8-17/h4,6,9,11,17H,3,5,7-8,14H2,1-2H3. The third kappa shape index (κ3) is 2.90. The quantitative estimate of drug-likeness (QED) is 0.826. The highest BCUT2D eigenvalue weighted by Crippen LogP contribution is 2.17. The number of nitrogens with zero attached hydrogens (tertiary/aromatic N) is 2. The molecule has 2 rings (SSSR count). The van der Waals surface area contributed by atoms with Crippen molar-refractivity contribution in [3.05, 3.63) is 18.0 Å². The van der Waals surface area contributed by atoms with Crippen molar-refractivity contribution >= 4 is 11.6 Å². The summed E-state index contributed by atoms with van der Waals surface area (Å²) in [5.41, 5.74) is 6.92. The van der Waals surface area contributed by atoms with Crippen molar-refractivity contribution in [3.63, 3.8) is 0 Å². The Kier molecular flexibility index (Phi) is 4.11. The molecular weight excluding hydrogens is 246 g/mol. The van der Waals surface area contributed by atoms with Gasteiger partial charge in [-0.05, 0) is 19.9 Å². The van der Waals surface area contributed by atoms with E-state index in [2.05, 4.69) is 0 Å². The summed E-state index contributed by atoms with van der Waals surface area (Å²) >= 11 is 0. The Morgan fingerprint density at radius 3 is 2.95 bits per heavy atom. The highest BCUT2D eigenvalue weighted by atomic mass is 16.5. The van der Waals surface area contributed by atoms with Gasteiger partial charge in [0.25, 0.3) is 5.91 Å². The number of amides is 1. The Balaban J connectivity index is 2.18. The summed E-state index contributed by atoms with van der Waals surface area (Å²) in [7, 11) is 0. The van der Waals surface area contributed by atoms with E-state index in [0.29, 0.717) is 31.0 Å². The van der Waals surface area contributed by atoms with Gasteiger partial charge in [-0.25, -0.2) is 0 Å². The molecule has 19 heavy (non-hydrogen) atoms. The Morgan fingerprint density at radius 2 is 2.32 bits per heavy atom. The van der Waals surface area contributed by atoms with Crippen LogP contribution in [0, 0.1) is 0 Å². The molecule has 1 saturated heterocycles. The average molecular weight is 267 g/mol. The van der Waals surface area contributed by atoms with Gasteiger partial charge in [0, 0.05) is 25.8 Å². The van der Waals surface area contributed by atoms with Crippen molar-refractivity contribution in [2.75, 3.05) is 25.4 Å². The topological polar surface area (TPSA) is 80.7 Å². The summed E-state index contributed by atoms with van der Waals surface area (Å²) in [5, 5.41) is 9.20. The van der Waals surface area contributed by atoms with Crippen molar-refractivity contribution in [1.29, 1.82) is 0 Å². The number of ether oxygens (including phenoxy) is 1. The number of aliphatic hydroxyl groups is 1. The lowest BCUT2D eigenvalue weighted by atomic mass is 10.2. The number of carbonyl (C=O) groups excluding carboxylic acids is 1. The second-order valence-electron chi connectivity index (χ2n) is 4.91. The van der Waals surface area contributed by atoms with Crippen LogP contribution >= 0.6 is 0 Å². The van der Waals surface area contributed by atoms with Crippen LogP contribution < -0.4 is 5.73 Å². The van der Waals surface area contributed by atoms with Gasteiger partial charge in [0.1, 0.15) is 5.69 Å². The largest absolute Gasteiger partial charge is 0.397 e. The Labute approximate surface area is 112 Å². The van der Waals surface area contributed by atoms with Gasteiger partial charge in [0.05, 0.1) is 24.5 Å². The SMILES string of the molecule is CCn1cc(N)cc1C(=O)N1CC(C)OC(CO)C1. The van der Waals surface area contributed by atoms with Gasteiger partial charge < -0.3 is 25.0 Å². The minimum absolute atomic E-state index is 0.0628. The lowest BCUT2D eigenvalue weighted by Crippen LogP contribution is -2.50. The molecule has 1 fully saturated rings. The monoisotopic (exact) mass is 267 g/mol. The first-order valence-electron chi connectivity index (χ1n) is 6.56. The van der Waals surface area contributed by atoms with E-state index in [1.165, 1.54) is 0 Å². The molecule has 3 N–H and O–H groups in total. The van der Waals surface area contributed by atoms with Gasteiger partial charge in [-0.1, -0.05) is 0 Å².